The van der Waals surface area contributed by atoms with Crippen LogP contribution in [0.1, 0.15) is 0 Å². The van der Waals surface area contributed by atoms with Gasteiger partial charge in [-0.3, -0.25) is 4.57 Å². The lowest BCUT2D eigenvalue weighted by molar-refractivity contribution is 0.396. The summed E-state index contributed by atoms with van der Waals surface area (Å²) < 4.78 is 6.67. The van der Waals surface area contributed by atoms with Crippen LogP contribution in [0.2, 0.25) is 0 Å². The van der Waals surface area contributed by atoms with E-state index >= 15 is 0 Å². The van der Waals surface area contributed by atoms with Crippen molar-refractivity contribution < 1.29 is 4.74 Å². The fourth-order valence-electron chi connectivity index (χ4n) is 1.56. The van der Waals surface area contributed by atoms with Gasteiger partial charge in [-0.05, 0) is 0 Å². The second-order valence-corrected chi connectivity index (χ2v) is 3.44. The van der Waals surface area contributed by atoms with Crippen LogP contribution in [0.5, 0.6) is 5.88 Å². The molecule has 8 heteroatoms. The number of nitrogens with zero attached hydrogens (tertiary/aromatic N) is 6. The summed E-state index contributed by atoms with van der Waals surface area (Å²) in [7, 11) is 1.54. The number of anilines is 1. The molecule has 0 bridgehead atoms. The maximum absolute atomic E-state index is 5.71. The van der Waals surface area contributed by atoms with Crippen LogP contribution in [0.25, 0.3) is 17.1 Å². The van der Waals surface area contributed by atoms with Crippen LogP contribution in [-0.2, 0) is 0 Å². The zero-order valence-electron chi connectivity index (χ0n) is 9.48. The Hall–Kier alpha value is -2.77. The van der Waals surface area contributed by atoms with Gasteiger partial charge in [-0.2, -0.15) is 4.98 Å². The number of methoxy groups -OCH3 is 1. The van der Waals surface area contributed by atoms with Crippen molar-refractivity contribution in [2.75, 3.05) is 12.8 Å². The number of fused-ring (bicyclic) bond motifs is 1. The van der Waals surface area contributed by atoms with Crippen LogP contribution in [0.4, 0.5) is 5.82 Å². The molecular formula is C10H9N7O. The highest BCUT2D eigenvalue weighted by atomic mass is 16.5. The Morgan fingerprint density at radius 1 is 1.22 bits per heavy atom. The average molecular weight is 243 g/mol. The molecule has 3 rings (SSSR count). The Bertz CT molecular complexity index is 708. The maximum Gasteiger partial charge on any atom is 0.239 e. The summed E-state index contributed by atoms with van der Waals surface area (Å²) in [6.45, 7) is 0. The van der Waals surface area contributed by atoms with Crippen molar-refractivity contribution in [2.45, 2.75) is 0 Å². The van der Waals surface area contributed by atoms with Crippen molar-refractivity contribution in [3.63, 3.8) is 0 Å². The number of imidazole rings is 1. The molecule has 3 aromatic heterocycles. The Balaban J connectivity index is 2.22. The number of aromatic nitrogens is 6. The molecule has 0 aliphatic rings. The summed E-state index contributed by atoms with van der Waals surface area (Å²) >= 11 is 0. The Kier molecular flexibility index (Phi) is 2.26. The molecule has 8 nitrogen and oxygen atoms in total. The van der Waals surface area contributed by atoms with E-state index in [4.69, 9.17) is 10.5 Å². The van der Waals surface area contributed by atoms with E-state index in [1.54, 1.807) is 23.2 Å². The van der Waals surface area contributed by atoms with E-state index < -0.39 is 0 Å². The molecule has 0 unspecified atom stereocenters. The van der Waals surface area contributed by atoms with Crippen molar-refractivity contribution >= 4 is 17.0 Å². The lowest BCUT2D eigenvalue weighted by atomic mass is 10.5. The van der Waals surface area contributed by atoms with Crippen LogP contribution in [-0.4, -0.2) is 36.6 Å². The van der Waals surface area contributed by atoms with Gasteiger partial charge in [0.1, 0.15) is 12.7 Å². The van der Waals surface area contributed by atoms with Crippen molar-refractivity contribution in [1.82, 2.24) is 29.5 Å². The monoisotopic (exact) mass is 243 g/mol. The minimum absolute atomic E-state index is 0.321. The lowest BCUT2D eigenvalue weighted by Gasteiger charge is -2.03. The highest BCUT2D eigenvalue weighted by Crippen LogP contribution is 2.17. The topological polar surface area (TPSA) is 105 Å². The van der Waals surface area contributed by atoms with Gasteiger partial charge in [0, 0.05) is 12.3 Å². The number of nitrogens with two attached hydrogens (primary N) is 1. The molecule has 3 aromatic rings. The number of hydrogen-bond donors (Lipinski definition) is 1. The van der Waals surface area contributed by atoms with E-state index in [2.05, 4.69) is 24.9 Å². The van der Waals surface area contributed by atoms with Gasteiger partial charge in [0.25, 0.3) is 0 Å². The standard InChI is InChI=1S/C10H9N7O/c1-18-6-2-3-12-10(16-6)17-5-15-7-8(11)13-4-14-9(7)17/h2-5H,1H3,(H2,11,13,14). The molecule has 18 heavy (non-hydrogen) atoms. The third-order valence-electron chi connectivity index (χ3n) is 2.40. The molecule has 0 saturated heterocycles. The van der Waals surface area contributed by atoms with E-state index in [0.29, 0.717) is 28.8 Å². The molecule has 0 amide bonds. The largest absolute Gasteiger partial charge is 0.481 e. The van der Waals surface area contributed by atoms with Gasteiger partial charge in [-0.1, -0.05) is 0 Å². The number of nitrogen functional groups attached to an aromatic ring is 1. The highest BCUT2D eigenvalue weighted by molar-refractivity contribution is 5.82. The Labute approximate surface area is 102 Å². The maximum atomic E-state index is 5.71. The summed E-state index contributed by atoms with van der Waals surface area (Å²) in [6, 6.07) is 1.66. The third-order valence-corrected chi connectivity index (χ3v) is 2.40. The molecule has 0 saturated carbocycles. The molecule has 0 aliphatic carbocycles. The number of rotatable bonds is 2. The van der Waals surface area contributed by atoms with Crippen LogP contribution >= 0.6 is 0 Å². The van der Waals surface area contributed by atoms with Crippen molar-refractivity contribution in [1.29, 1.82) is 0 Å². The van der Waals surface area contributed by atoms with E-state index in [9.17, 15) is 0 Å². The molecule has 0 atom stereocenters. The van der Waals surface area contributed by atoms with Crippen LogP contribution in [0.3, 0.4) is 0 Å². The van der Waals surface area contributed by atoms with E-state index in [1.165, 1.54) is 13.4 Å². The summed E-state index contributed by atoms with van der Waals surface area (Å²) in [5.74, 6) is 1.19. The summed E-state index contributed by atoms with van der Waals surface area (Å²) in [6.07, 6.45) is 4.51. The first-order valence-electron chi connectivity index (χ1n) is 5.10. The molecule has 0 aliphatic heterocycles. The van der Waals surface area contributed by atoms with Crippen molar-refractivity contribution in [3.05, 3.63) is 24.9 Å². The number of hydrogen-bond acceptors (Lipinski definition) is 7. The second kappa shape index (κ2) is 3.91. The zero-order valence-corrected chi connectivity index (χ0v) is 9.48. The van der Waals surface area contributed by atoms with Gasteiger partial charge >= 0.3 is 0 Å². The zero-order chi connectivity index (χ0) is 12.5. The van der Waals surface area contributed by atoms with Crippen LogP contribution < -0.4 is 10.5 Å². The minimum Gasteiger partial charge on any atom is -0.481 e. The molecule has 0 spiro atoms. The third kappa shape index (κ3) is 1.51. The van der Waals surface area contributed by atoms with E-state index in [1.807, 2.05) is 0 Å². The Morgan fingerprint density at radius 3 is 2.94 bits per heavy atom. The first kappa shape index (κ1) is 10.4. The quantitative estimate of drug-likeness (QED) is 0.685. The highest BCUT2D eigenvalue weighted by Gasteiger charge is 2.11. The first-order valence-corrected chi connectivity index (χ1v) is 5.10. The minimum atomic E-state index is 0.321. The van der Waals surface area contributed by atoms with Crippen LogP contribution in [0, 0.1) is 0 Å². The first-order chi connectivity index (χ1) is 8.79. The normalized spacial score (nSPS) is 10.7. The predicted molar refractivity (Wildman–Crippen MR) is 63.2 cm³/mol. The van der Waals surface area contributed by atoms with Crippen molar-refractivity contribution in [2.24, 2.45) is 0 Å². The van der Waals surface area contributed by atoms with Gasteiger partial charge in [0.05, 0.1) is 7.11 Å². The molecule has 0 fully saturated rings. The summed E-state index contributed by atoms with van der Waals surface area (Å²) in [5.41, 5.74) is 6.78. The molecule has 0 aromatic carbocycles. The number of ether oxygens (including phenoxy) is 1. The van der Waals surface area contributed by atoms with E-state index in [-0.39, 0.29) is 0 Å². The van der Waals surface area contributed by atoms with Crippen LogP contribution in [0.15, 0.2) is 24.9 Å². The van der Waals surface area contributed by atoms with Crippen molar-refractivity contribution in [3.8, 4) is 11.8 Å². The summed E-state index contributed by atoms with van der Waals surface area (Å²) in [5, 5.41) is 0. The van der Waals surface area contributed by atoms with Gasteiger partial charge in [-0.15, -0.1) is 0 Å². The fourth-order valence-corrected chi connectivity index (χ4v) is 1.56. The summed E-state index contributed by atoms with van der Waals surface area (Å²) in [4.78, 5) is 20.5. The smallest absolute Gasteiger partial charge is 0.239 e. The molecule has 3 heterocycles. The SMILES string of the molecule is COc1ccnc(-n2cnc3c(N)ncnc32)n1. The van der Waals surface area contributed by atoms with E-state index in [0.717, 1.165) is 0 Å². The molecule has 90 valence electrons. The van der Waals surface area contributed by atoms with Gasteiger partial charge < -0.3 is 10.5 Å². The second-order valence-electron chi connectivity index (χ2n) is 3.44. The fraction of sp³-hybridized carbons (Fsp3) is 0.100. The Morgan fingerprint density at radius 2 is 2.11 bits per heavy atom. The molecule has 2 N–H and O–H groups in total. The van der Waals surface area contributed by atoms with Gasteiger partial charge in [0.2, 0.25) is 11.8 Å². The van der Waals surface area contributed by atoms with Gasteiger partial charge in [0.15, 0.2) is 17.0 Å². The van der Waals surface area contributed by atoms with Gasteiger partial charge in [-0.25, -0.2) is 19.9 Å². The lowest BCUT2D eigenvalue weighted by Crippen LogP contribution is -2.02. The molecular weight excluding hydrogens is 234 g/mol. The predicted octanol–water partition coefficient (Wildman–Crippen LogP) is 0.196. The average Bonchev–Trinajstić information content (AvgIpc) is 2.84. The molecule has 0 radical (unpaired) electrons.